The number of ether oxygens (including phenoxy) is 2. The molecule has 0 spiro atoms. The number of allylic oxidation sites excluding steroid dienone is 1. The molecule has 0 radical (unpaired) electrons. The lowest BCUT2D eigenvalue weighted by atomic mass is 9.82. The molecule has 0 bridgehead atoms. The fourth-order valence-corrected chi connectivity index (χ4v) is 5.21. The maximum Gasteiger partial charge on any atom is 0.170 e. The number of hydrogen-bond acceptors (Lipinski definition) is 7. The summed E-state index contributed by atoms with van der Waals surface area (Å²) in [5.74, 6) is 0.392. The highest BCUT2D eigenvalue weighted by molar-refractivity contribution is 6.02. The summed E-state index contributed by atoms with van der Waals surface area (Å²) in [6, 6.07) is 22.3. The quantitative estimate of drug-likeness (QED) is 0.170. The summed E-state index contributed by atoms with van der Waals surface area (Å²) >= 11 is 0. The number of carbonyl (C=O) groups is 1. The van der Waals surface area contributed by atoms with Gasteiger partial charge in [0.25, 0.3) is 0 Å². The molecule has 0 saturated carbocycles. The van der Waals surface area contributed by atoms with Crippen molar-refractivity contribution in [2.45, 2.75) is 31.8 Å². The number of fused-ring (bicyclic) bond motifs is 1. The van der Waals surface area contributed by atoms with Crippen molar-refractivity contribution in [2.24, 2.45) is 5.92 Å². The molecule has 1 aliphatic heterocycles. The molecule has 4 N–H and O–H groups in total. The van der Waals surface area contributed by atoms with Crippen LogP contribution in [0.15, 0.2) is 84.9 Å². The molecule has 0 unspecified atom stereocenters. The Bertz CT molecular complexity index is 1540. The number of ketones is 1. The van der Waals surface area contributed by atoms with Crippen molar-refractivity contribution < 1.29 is 34.7 Å². The molecule has 4 aromatic rings. The Morgan fingerprint density at radius 1 is 0.902 bits per heavy atom. The van der Waals surface area contributed by atoms with E-state index in [2.05, 4.69) is 0 Å². The molecule has 41 heavy (non-hydrogen) atoms. The maximum atomic E-state index is 13.5. The van der Waals surface area contributed by atoms with Crippen molar-refractivity contribution >= 4 is 11.9 Å². The van der Waals surface area contributed by atoms with Crippen molar-refractivity contribution in [2.75, 3.05) is 7.11 Å². The van der Waals surface area contributed by atoms with Gasteiger partial charge in [0.05, 0.1) is 7.11 Å². The number of aromatic hydroxyl groups is 4. The van der Waals surface area contributed by atoms with Gasteiger partial charge < -0.3 is 29.9 Å². The predicted octanol–water partition coefficient (Wildman–Crippen LogP) is 6.73. The summed E-state index contributed by atoms with van der Waals surface area (Å²) in [5.41, 5.74) is 3.23. The summed E-state index contributed by atoms with van der Waals surface area (Å²) in [7, 11) is 1.59. The highest BCUT2D eigenvalue weighted by Crippen LogP contribution is 2.48. The minimum absolute atomic E-state index is 0.0631. The number of hydrogen-bond donors (Lipinski definition) is 4. The first-order valence-electron chi connectivity index (χ1n) is 13.5. The second kappa shape index (κ2) is 12.1. The third-order valence-corrected chi connectivity index (χ3v) is 7.42. The zero-order valence-corrected chi connectivity index (χ0v) is 22.7. The standard InChI is InChI=1S/C34H32O7/c1-40-27-16-7-22(8-17-27)9-18-29(37)32-31(39)20-30(38)28-19-24(4-2-3-21-5-12-25(35)13-6-21)33(41-34(28)32)23-10-14-26(36)15-11-23/h2-3,5-8,10-17,20,24,33,35-36,38-39H,4,9,18-19H2,1H3/t24-,33-/m0/s1. The molecule has 2 atom stereocenters. The Morgan fingerprint density at radius 3 is 2.22 bits per heavy atom. The number of methoxy groups -OCH3 is 1. The summed E-state index contributed by atoms with van der Waals surface area (Å²) in [4.78, 5) is 13.5. The molecule has 4 aromatic carbocycles. The van der Waals surface area contributed by atoms with Crippen molar-refractivity contribution in [1.82, 2.24) is 0 Å². The molecule has 210 valence electrons. The van der Waals surface area contributed by atoms with Crippen molar-refractivity contribution in [3.05, 3.63) is 113 Å². The lowest BCUT2D eigenvalue weighted by molar-refractivity contribution is 0.0933. The lowest BCUT2D eigenvalue weighted by Crippen LogP contribution is -2.27. The largest absolute Gasteiger partial charge is 0.508 e. The molecule has 1 aliphatic rings. The van der Waals surface area contributed by atoms with E-state index in [1.54, 1.807) is 43.5 Å². The van der Waals surface area contributed by atoms with Gasteiger partial charge >= 0.3 is 0 Å². The van der Waals surface area contributed by atoms with Gasteiger partial charge in [-0.15, -0.1) is 0 Å². The molecule has 5 rings (SSSR count). The van der Waals surface area contributed by atoms with Crippen LogP contribution < -0.4 is 9.47 Å². The third kappa shape index (κ3) is 6.30. The molecule has 0 fully saturated rings. The first kappa shape index (κ1) is 27.6. The van der Waals surface area contributed by atoms with Gasteiger partial charge in [-0.1, -0.05) is 48.6 Å². The molecule has 0 amide bonds. The summed E-state index contributed by atoms with van der Waals surface area (Å²) in [6.07, 6.45) is 5.07. The van der Waals surface area contributed by atoms with E-state index in [1.807, 2.05) is 48.6 Å². The van der Waals surface area contributed by atoms with Crippen LogP contribution in [0, 0.1) is 5.92 Å². The van der Waals surface area contributed by atoms with Crippen LogP contribution in [0.5, 0.6) is 34.5 Å². The Kier molecular flexibility index (Phi) is 8.15. The smallest absolute Gasteiger partial charge is 0.170 e. The van der Waals surface area contributed by atoms with Crippen LogP contribution in [0.4, 0.5) is 0 Å². The fourth-order valence-electron chi connectivity index (χ4n) is 5.21. The van der Waals surface area contributed by atoms with E-state index in [4.69, 9.17) is 9.47 Å². The van der Waals surface area contributed by atoms with E-state index < -0.39 is 6.10 Å². The van der Waals surface area contributed by atoms with Gasteiger partial charge in [-0.2, -0.15) is 0 Å². The monoisotopic (exact) mass is 552 g/mol. The van der Waals surface area contributed by atoms with Crippen LogP contribution in [0.2, 0.25) is 0 Å². The average Bonchev–Trinajstić information content (AvgIpc) is 2.97. The number of benzene rings is 4. The molecular formula is C34H32O7. The van der Waals surface area contributed by atoms with Gasteiger partial charge in [0.15, 0.2) is 5.78 Å². The second-order valence-corrected chi connectivity index (χ2v) is 10.2. The van der Waals surface area contributed by atoms with Crippen LogP contribution in [0.1, 0.15) is 51.6 Å². The summed E-state index contributed by atoms with van der Waals surface area (Å²) in [5, 5.41) is 41.0. The first-order valence-corrected chi connectivity index (χ1v) is 13.5. The van der Waals surface area contributed by atoms with Crippen LogP contribution in [0.25, 0.3) is 6.08 Å². The van der Waals surface area contributed by atoms with Gasteiger partial charge in [0, 0.05) is 24.0 Å². The highest BCUT2D eigenvalue weighted by Gasteiger charge is 2.36. The van der Waals surface area contributed by atoms with Gasteiger partial charge in [-0.25, -0.2) is 0 Å². The fraction of sp³-hybridized carbons (Fsp3) is 0.206. The van der Waals surface area contributed by atoms with Crippen molar-refractivity contribution in [3.8, 4) is 34.5 Å². The summed E-state index contributed by atoms with van der Waals surface area (Å²) in [6.45, 7) is 0. The van der Waals surface area contributed by atoms with Crippen LogP contribution >= 0.6 is 0 Å². The first-order chi connectivity index (χ1) is 19.8. The van der Waals surface area contributed by atoms with E-state index in [0.29, 0.717) is 24.8 Å². The molecule has 0 aromatic heterocycles. The van der Waals surface area contributed by atoms with E-state index in [0.717, 1.165) is 22.4 Å². The highest BCUT2D eigenvalue weighted by atomic mass is 16.5. The molecule has 0 aliphatic carbocycles. The van der Waals surface area contributed by atoms with Gasteiger partial charge in [-0.3, -0.25) is 4.79 Å². The third-order valence-electron chi connectivity index (χ3n) is 7.42. The minimum atomic E-state index is -0.498. The molecular weight excluding hydrogens is 520 g/mol. The van der Waals surface area contributed by atoms with Crippen LogP contribution in [-0.4, -0.2) is 33.3 Å². The molecule has 7 nitrogen and oxygen atoms in total. The van der Waals surface area contributed by atoms with Crippen molar-refractivity contribution in [3.63, 3.8) is 0 Å². The average molecular weight is 553 g/mol. The number of phenols is 4. The Labute approximate surface area is 238 Å². The summed E-state index contributed by atoms with van der Waals surface area (Å²) < 4.78 is 11.7. The zero-order chi connectivity index (χ0) is 28.9. The number of Topliss-reactive ketones (excluding diaryl/α,β-unsaturated/α-hetero) is 1. The zero-order valence-electron chi connectivity index (χ0n) is 22.7. The molecule has 7 heteroatoms. The second-order valence-electron chi connectivity index (χ2n) is 10.2. The van der Waals surface area contributed by atoms with Crippen molar-refractivity contribution in [1.29, 1.82) is 0 Å². The maximum absolute atomic E-state index is 13.5. The Balaban J connectivity index is 1.44. The molecule has 1 heterocycles. The predicted molar refractivity (Wildman–Crippen MR) is 156 cm³/mol. The van der Waals surface area contributed by atoms with E-state index in [1.165, 1.54) is 6.07 Å². The number of phenolic OH excluding ortho intramolecular Hbond substituents is 4. The van der Waals surface area contributed by atoms with Crippen LogP contribution in [0.3, 0.4) is 0 Å². The van der Waals surface area contributed by atoms with Gasteiger partial charge in [-0.05, 0) is 72.4 Å². The minimum Gasteiger partial charge on any atom is -0.508 e. The SMILES string of the molecule is COc1ccc(CCC(=O)c2c(O)cc(O)c3c2O[C@@H](c2ccc(O)cc2)[C@@H](CC=Cc2ccc(O)cc2)C3)cc1. The Morgan fingerprint density at radius 2 is 1.56 bits per heavy atom. The van der Waals surface area contributed by atoms with E-state index in [-0.39, 0.29) is 52.4 Å². The van der Waals surface area contributed by atoms with Gasteiger partial charge in [0.1, 0.15) is 46.2 Å². The normalized spacial score (nSPS) is 16.2. The topological polar surface area (TPSA) is 116 Å². The number of rotatable bonds is 9. The van der Waals surface area contributed by atoms with Crippen LogP contribution in [-0.2, 0) is 12.8 Å². The Hall–Kier alpha value is -4.91. The van der Waals surface area contributed by atoms with Gasteiger partial charge in [0.2, 0.25) is 0 Å². The van der Waals surface area contributed by atoms with E-state index in [9.17, 15) is 25.2 Å². The lowest BCUT2D eigenvalue weighted by Gasteiger charge is -2.35. The number of aryl methyl sites for hydroxylation is 1. The molecule has 0 saturated heterocycles. The number of carbonyl (C=O) groups excluding carboxylic acids is 1. The van der Waals surface area contributed by atoms with E-state index >= 15 is 0 Å².